The zero-order valence-corrected chi connectivity index (χ0v) is 38.3. The molecule has 56 heavy (non-hydrogen) atoms. The second-order valence-corrected chi connectivity index (χ2v) is 17.8. The van der Waals surface area contributed by atoms with E-state index in [2.05, 4.69) is 34.6 Å². The number of hydrogen-bond donors (Lipinski definition) is 0. The molecule has 0 aromatic carbocycles. The zero-order chi connectivity index (χ0) is 41.2. The van der Waals surface area contributed by atoms with Crippen LogP contribution in [0.5, 0.6) is 0 Å². The van der Waals surface area contributed by atoms with Crippen LogP contribution in [-0.4, -0.2) is 37.2 Å². The maximum absolute atomic E-state index is 12.7. The van der Waals surface area contributed by atoms with Crippen molar-refractivity contribution in [1.29, 1.82) is 0 Å². The lowest BCUT2D eigenvalue weighted by molar-refractivity contribution is -0.167. The van der Waals surface area contributed by atoms with Crippen molar-refractivity contribution in [1.82, 2.24) is 0 Å². The first-order valence-electron chi connectivity index (χ1n) is 24.8. The van der Waals surface area contributed by atoms with E-state index in [1.54, 1.807) is 0 Å². The number of rotatable bonds is 44. The minimum Gasteiger partial charge on any atom is -0.462 e. The Morgan fingerprint density at radius 2 is 0.679 bits per heavy atom. The maximum Gasteiger partial charge on any atom is 0.306 e. The maximum atomic E-state index is 12.7. The van der Waals surface area contributed by atoms with Gasteiger partial charge >= 0.3 is 17.9 Å². The van der Waals surface area contributed by atoms with Crippen molar-refractivity contribution < 1.29 is 28.6 Å². The fourth-order valence-corrected chi connectivity index (χ4v) is 7.43. The van der Waals surface area contributed by atoms with Crippen LogP contribution in [0.25, 0.3) is 0 Å². The summed E-state index contributed by atoms with van der Waals surface area (Å²) in [5.41, 5.74) is 0. The van der Waals surface area contributed by atoms with Crippen molar-refractivity contribution >= 4 is 17.9 Å². The minimum absolute atomic E-state index is 0.0648. The molecule has 0 radical (unpaired) electrons. The highest BCUT2D eigenvalue weighted by Crippen LogP contribution is 2.17. The van der Waals surface area contributed by atoms with Crippen LogP contribution >= 0.6 is 0 Å². The van der Waals surface area contributed by atoms with Gasteiger partial charge in [-0.3, -0.25) is 14.4 Å². The van der Waals surface area contributed by atoms with Gasteiger partial charge in [-0.2, -0.15) is 0 Å². The fraction of sp³-hybridized carbons (Fsp3) is 0.940. The minimum atomic E-state index is -0.761. The van der Waals surface area contributed by atoms with Crippen molar-refractivity contribution in [3.8, 4) is 0 Å². The van der Waals surface area contributed by atoms with Crippen LogP contribution in [0, 0.1) is 11.8 Å². The number of carbonyl (C=O) groups excluding carboxylic acids is 3. The molecule has 0 heterocycles. The van der Waals surface area contributed by atoms with Gasteiger partial charge in [0.25, 0.3) is 0 Å². The summed E-state index contributed by atoms with van der Waals surface area (Å²) in [5.74, 6) is 0.802. The Morgan fingerprint density at radius 3 is 1.02 bits per heavy atom. The van der Waals surface area contributed by atoms with Crippen LogP contribution in [-0.2, 0) is 28.6 Å². The van der Waals surface area contributed by atoms with Crippen LogP contribution in [0.3, 0.4) is 0 Å². The smallest absolute Gasteiger partial charge is 0.306 e. The van der Waals surface area contributed by atoms with Crippen LogP contribution in [0.15, 0.2) is 0 Å². The topological polar surface area (TPSA) is 78.9 Å². The lowest BCUT2D eigenvalue weighted by Gasteiger charge is -2.18. The van der Waals surface area contributed by atoms with E-state index in [1.165, 1.54) is 161 Å². The molecule has 332 valence electrons. The van der Waals surface area contributed by atoms with Gasteiger partial charge in [0.1, 0.15) is 13.2 Å². The van der Waals surface area contributed by atoms with Gasteiger partial charge in [0.2, 0.25) is 0 Å². The van der Waals surface area contributed by atoms with Gasteiger partial charge in [0.05, 0.1) is 0 Å². The van der Waals surface area contributed by atoms with Crippen LogP contribution in [0.1, 0.15) is 272 Å². The SMILES string of the molecule is CCCCCCCCCCCCCC(=O)O[C@H](COC(=O)CCCCCCCCCCCCCCCCC(C)CC)COC(=O)CCCCCCCCC(C)C. The third-order valence-electron chi connectivity index (χ3n) is 11.6. The van der Waals surface area contributed by atoms with E-state index in [-0.39, 0.29) is 31.1 Å². The molecule has 0 aromatic heterocycles. The predicted octanol–water partition coefficient (Wildman–Crippen LogP) is 15.8. The molecule has 0 fully saturated rings. The quantitative estimate of drug-likeness (QED) is 0.0347. The summed E-state index contributed by atoms with van der Waals surface area (Å²) in [7, 11) is 0. The Bertz CT molecular complexity index is 856. The van der Waals surface area contributed by atoms with Crippen molar-refractivity contribution in [3.05, 3.63) is 0 Å². The summed E-state index contributed by atoms with van der Waals surface area (Å²) < 4.78 is 16.7. The van der Waals surface area contributed by atoms with E-state index in [4.69, 9.17) is 14.2 Å². The van der Waals surface area contributed by atoms with E-state index in [0.717, 1.165) is 69.6 Å². The number of esters is 3. The first-order valence-corrected chi connectivity index (χ1v) is 24.8. The monoisotopic (exact) mass is 793 g/mol. The molecule has 0 saturated heterocycles. The van der Waals surface area contributed by atoms with Crippen LogP contribution in [0.4, 0.5) is 0 Å². The van der Waals surface area contributed by atoms with Gasteiger partial charge in [-0.25, -0.2) is 0 Å². The molecular weight excluding hydrogens is 697 g/mol. The molecule has 0 aliphatic rings. The van der Waals surface area contributed by atoms with Gasteiger partial charge in [-0.05, 0) is 31.1 Å². The van der Waals surface area contributed by atoms with E-state index >= 15 is 0 Å². The predicted molar refractivity (Wildman–Crippen MR) is 238 cm³/mol. The summed E-state index contributed by atoms with van der Waals surface area (Å²) in [6.45, 7) is 11.3. The van der Waals surface area contributed by atoms with Crippen molar-refractivity contribution in [2.45, 2.75) is 278 Å². The van der Waals surface area contributed by atoms with Crippen molar-refractivity contribution in [3.63, 3.8) is 0 Å². The third kappa shape index (κ3) is 42.0. The molecule has 0 aromatic rings. The molecule has 6 nitrogen and oxygen atoms in total. The second kappa shape index (κ2) is 43.0. The Morgan fingerprint density at radius 1 is 0.375 bits per heavy atom. The molecule has 6 heteroatoms. The molecule has 0 amide bonds. The Balaban J connectivity index is 4.24. The normalized spacial score (nSPS) is 12.5. The highest BCUT2D eigenvalue weighted by atomic mass is 16.6. The number of carbonyl (C=O) groups is 3. The summed E-state index contributed by atoms with van der Waals surface area (Å²) >= 11 is 0. The van der Waals surface area contributed by atoms with Gasteiger partial charge in [0, 0.05) is 19.3 Å². The average Bonchev–Trinajstić information content (AvgIpc) is 3.18. The molecule has 0 saturated carbocycles. The summed E-state index contributed by atoms with van der Waals surface area (Å²) in [6, 6.07) is 0. The lowest BCUT2D eigenvalue weighted by atomic mass is 9.99. The van der Waals surface area contributed by atoms with Gasteiger partial charge < -0.3 is 14.2 Å². The molecule has 0 aliphatic heterocycles. The molecule has 0 bridgehead atoms. The second-order valence-electron chi connectivity index (χ2n) is 17.8. The summed E-state index contributed by atoms with van der Waals surface area (Å²) in [5, 5.41) is 0. The first kappa shape index (κ1) is 54.4. The molecular formula is C50H96O6. The van der Waals surface area contributed by atoms with Crippen molar-refractivity contribution in [2.24, 2.45) is 11.8 Å². The largest absolute Gasteiger partial charge is 0.462 e. The number of unbranched alkanes of at least 4 members (excludes halogenated alkanes) is 28. The van der Waals surface area contributed by atoms with E-state index < -0.39 is 6.10 Å². The standard InChI is InChI=1S/C50H96O6/c1-6-8-9-10-11-12-17-22-25-32-37-42-50(53)56-47(44-55-49(52)41-36-31-27-26-28-33-38-45(3)4)43-54-48(51)40-35-30-24-21-19-16-14-13-15-18-20-23-29-34-39-46(5)7-2/h45-47H,6-44H2,1-5H3/t46?,47-/m1/s1. The average molecular weight is 793 g/mol. The highest BCUT2D eigenvalue weighted by molar-refractivity contribution is 5.71. The Hall–Kier alpha value is -1.59. The molecule has 0 N–H and O–H groups in total. The molecule has 0 aliphatic carbocycles. The fourth-order valence-electron chi connectivity index (χ4n) is 7.43. The first-order chi connectivity index (χ1) is 27.3. The van der Waals surface area contributed by atoms with Crippen LogP contribution in [0.2, 0.25) is 0 Å². The Labute approximate surface area is 348 Å². The van der Waals surface area contributed by atoms with Crippen molar-refractivity contribution in [2.75, 3.05) is 13.2 Å². The number of ether oxygens (including phenoxy) is 3. The number of hydrogen-bond acceptors (Lipinski definition) is 6. The molecule has 0 spiro atoms. The molecule has 0 rings (SSSR count). The lowest BCUT2D eigenvalue weighted by Crippen LogP contribution is -2.30. The molecule has 2 atom stereocenters. The van der Waals surface area contributed by atoms with E-state index in [1.807, 2.05) is 0 Å². The summed E-state index contributed by atoms with van der Waals surface area (Å²) in [6.07, 6.45) is 42.4. The highest BCUT2D eigenvalue weighted by Gasteiger charge is 2.19. The van der Waals surface area contributed by atoms with Gasteiger partial charge in [0.15, 0.2) is 6.10 Å². The summed E-state index contributed by atoms with van der Waals surface area (Å²) in [4.78, 5) is 37.8. The van der Waals surface area contributed by atoms with Gasteiger partial charge in [-0.1, -0.05) is 234 Å². The van der Waals surface area contributed by atoms with Crippen LogP contribution < -0.4 is 0 Å². The Kier molecular flexibility index (Phi) is 41.8. The van der Waals surface area contributed by atoms with E-state index in [0.29, 0.717) is 19.3 Å². The zero-order valence-electron chi connectivity index (χ0n) is 38.3. The van der Waals surface area contributed by atoms with E-state index in [9.17, 15) is 14.4 Å². The molecule has 1 unspecified atom stereocenters. The van der Waals surface area contributed by atoms with Gasteiger partial charge in [-0.15, -0.1) is 0 Å². The third-order valence-corrected chi connectivity index (χ3v) is 11.6.